The quantitative estimate of drug-likeness (QED) is 0.445. The van der Waals surface area contributed by atoms with Crippen molar-refractivity contribution < 1.29 is 14.3 Å². The van der Waals surface area contributed by atoms with E-state index in [9.17, 15) is 4.79 Å². The third-order valence-electron chi connectivity index (χ3n) is 8.45. The Morgan fingerprint density at radius 2 is 1.94 bits per heavy atom. The topological polar surface area (TPSA) is 64.0 Å². The van der Waals surface area contributed by atoms with Crippen molar-refractivity contribution in [3.05, 3.63) is 72.6 Å². The molecule has 6 heteroatoms. The van der Waals surface area contributed by atoms with Crippen LogP contribution >= 0.6 is 0 Å². The van der Waals surface area contributed by atoms with Gasteiger partial charge in [-0.1, -0.05) is 39.0 Å². The molecule has 2 aliphatic heterocycles. The lowest BCUT2D eigenvalue weighted by atomic mass is 9.66. The molecule has 0 unspecified atom stereocenters. The Labute approximate surface area is 214 Å². The van der Waals surface area contributed by atoms with Crippen LogP contribution in [0.2, 0.25) is 0 Å². The molecule has 1 saturated heterocycles. The SMILES string of the molecule is C=CC[C@]12C[C@@]3(O[C@H](CC(C)C)N=C3C[C@H](c3ccc(OC)cc3)[C@H]1C)N(Cc1ccncc1)C2=O. The van der Waals surface area contributed by atoms with Crippen molar-refractivity contribution >= 4 is 11.6 Å². The fourth-order valence-electron chi connectivity index (χ4n) is 6.56. The number of rotatable bonds is 8. The predicted molar refractivity (Wildman–Crippen MR) is 141 cm³/mol. The molecule has 6 nitrogen and oxygen atoms in total. The number of ether oxygens (including phenoxy) is 2. The Kier molecular flexibility index (Phi) is 6.50. The van der Waals surface area contributed by atoms with Crippen molar-refractivity contribution in [3.8, 4) is 5.75 Å². The molecule has 1 aromatic heterocycles. The maximum Gasteiger partial charge on any atom is 0.232 e. The van der Waals surface area contributed by atoms with E-state index >= 15 is 0 Å². The second-order valence-electron chi connectivity index (χ2n) is 11.0. The highest BCUT2D eigenvalue weighted by Crippen LogP contribution is 2.60. The number of aliphatic imine (C=N–C) groups is 1. The fourth-order valence-corrected chi connectivity index (χ4v) is 6.56. The first kappa shape index (κ1) is 24.7. The van der Waals surface area contributed by atoms with Gasteiger partial charge in [0.1, 0.15) is 5.75 Å². The van der Waals surface area contributed by atoms with E-state index < -0.39 is 11.1 Å². The van der Waals surface area contributed by atoms with Crippen LogP contribution in [0.4, 0.5) is 0 Å². The summed E-state index contributed by atoms with van der Waals surface area (Å²) in [5, 5.41) is 0. The van der Waals surface area contributed by atoms with E-state index in [4.69, 9.17) is 14.5 Å². The van der Waals surface area contributed by atoms with E-state index in [1.165, 1.54) is 5.56 Å². The lowest BCUT2D eigenvalue weighted by Crippen LogP contribution is -2.53. The molecule has 3 aliphatic rings. The van der Waals surface area contributed by atoms with Crippen molar-refractivity contribution in [1.82, 2.24) is 9.88 Å². The van der Waals surface area contributed by atoms with E-state index in [-0.39, 0.29) is 24.0 Å². The zero-order chi connectivity index (χ0) is 25.5. The van der Waals surface area contributed by atoms with E-state index in [1.54, 1.807) is 19.5 Å². The third kappa shape index (κ3) is 3.96. The van der Waals surface area contributed by atoms with Crippen molar-refractivity contribution in [2.75, 3.05) is 7.11 Å². The number of allylic oxidation sites excluding steroid dienone is 1. The Morgan fingerprint density at radius 3 is 2.58 bits per heavy atom. The van der Waals surface area contributed by atoms with Crippen LogP contribution in [-0.2, 0) is 16.1 Å². The monoisotopic (exact) mass is 487 g/mol. The summed E-state index contributed by atoms with van der Waals surface area (Å²) >= 11 is 0. The van der Waals surface area contributed by atoms with Gasteiger partial charge >= 0.3 is 0 Å². The fraction of sp³-hybridized carbons (Fsp3) is 0.500. The van der Waals surface area contributed by atoms with E-state index in [0.717, 1.165) is 29.9 Å². The van der Waals surface area contributed by atoms with Crippen LogP contribution < -0.4 is 4.74 Å². The molecule has 5 atom stereocenters. The first-order valence-electron chi connectivity index (χ1n) is 13.0. The van der Waals surface area contributed by atoms with Gasteiger partial charge < -0.3 is 14.4 Å². The summed E-state index contributed by atoms with van der Waals surface area (Å²) in [5.74, 6) is 1.64. The summed E-state index contributed by atoms with van der Waals surface area (Å²) in [4.78, 5) is 25.8. The Hall–Kier alpha value is -2.99. The lowest BCUT2D eigenvalue weighted by molar-refractivity contribution is -0.153. The molecule has 1 aliphatic carbocycles. The minimum Gasteiger partial charge on any atom is -0.497 e. The number of methoxy groups -OCH3 is 1. The number of nitrogens with zero attached hydrogens (tertiary/aromatic N) is 3. The van der Waals surface area contributed by atoms with Gasteiger partial charge in [-0.25, -0.2) is 0 Å². The molecule has 1 spiro atoms. The zero-order valence-corrected chi connectivity index (χ0v) is 21.8. The minimum absolute atomic E-state index is 0.0798. The summed E-state index contributed by atoms with van der Waals surface area (Å²) in [7, 11) is 1.68. The van der Waals surface area contributed by atoms with Gasteiger partial charge in [0, 0.05) is 25.4 Å². The Balaban J connectivity index is 1.63. The molecule has 3 heterocycles. The smallest absolute Gasteiger partial charge is 0.232 e. The number of hydrogen-bond acceptors (Lipinski definition) is 5. The highest BCUT2D eigenvalue weighted by Gasteiger charge is 2.68. The predicted octanol–water partition coefficient (Wildman–Crippen LogP) is 5.75. The molecule has 2 fully saturated rings. The molecule has 2 bridgehead atoms. The second-order valence-corrected chi connectivity index (χ2v) is 11.0. The third-order valence-corrected chi connectivity index (χ3v) is 8.45. The van der Waals surface area contributed by atoms with E-state index in [1.807, 2.05) is 35.2 Å². The molecule has 1 saturated carbocycles. The molecule has 0 N–H and O–H groups in total. The number of pyridine rings is 1. The Morgan fingerprint density at radius 1 is 1.22 bits per heavy atom. The number of fused-ring (bicyclic) bond motifs is 1. The van der Waals surface area contributed by atoms with Gasteiger partial charge in [0.25, 0.3) is 0 Å². The van der Waals surface area contributed by atoms with Crippen molar-refractivity contribution in [2.24, 2.45) is 22.2 Å². The first-order valence-corrected chi connectivity index (χ1v) is 13.0. The van der Waals surface area contributed by atoms with Gasteiger partial charge in [-0.15, -0.1) is 6.58 Å². The average Bonchev–Trinajstić information content (AvgIpc) is 3.28. The first-order chi connectivity index (χ1) is 17.3. The highest BCUT2D eigenvalue weighted by molar-refractivity contribution is 6.02. The van der Waals surface area contributed by atoms with Gasteiger partial charge in [-0.3, -0.25) is 14.8 Å². The van der Waals surface area contributed by atoms with E-state index in [2.05, 4.69) is 44.5 Å². The summed E-state index contributed by atoms with van der Waals surface area (Å²) in [5.41, 5.74) is 1.83. The van der Waals surface area contributed by atoms with Gasteiger partial charge in [-0.2, -0.15) is 0 Å². The molecule has 1 aromatic carbocycles. The molecule has 190 valence electrons. The Bertz CT molecular complexity index is 1150. The molecular formula is C30H37N3O3. The van der Waals surface area contributed by atoms with Crippen LogP contribution in [0.3, 0.4) is 0 Å². The standard InChI is InChI=1S/C30H37N3O3/c1-6-13-29-19-30(33(28(29)34)18-22-11-14-31-15-12-22)26(32-27(36-30)16-20(2)3)17-25(21(29)4)23-7-9-24(35-5)10-8-23/h6-12,14-15,20-21,25,27H,1,13,16-19H2,2-5H3/t21-,25+,27-,29+,30+/m1/s1. The largest absolute Gasteiger partial charge is 0.497 e. The highest BCUT2D eigenvalue weighted by atomic mass is 16.6. The number of carbonyl (C=O) groups excluding carboxylic acids is 1. The van der Waals surface area contributed by atoms with E-state index in [0.29, 0.717) is 25.3 Å². The van der Waals surface area contributed by atoms with Gasteiger partial charge in [0.05, 0.1) is 18.2 Å². The number of hydrogen-bond donors (Lipinski definition) is 0. The second kappa shape index (κ2) is 9.47. The summed E-state index contributed by atoms with van der Waals surface area (Å²) in [6.07, 6.45) is 8.04. The number of likely N-dealkylation sites (tertiary alicyclic amines) is 1. The number of amides is 1. The van der Waals surface area contributed by atoms with Crippen LogP contribution in [0.15, 0.2) is 66.4 Å². The summed E-state index contributed by atoms with van der Waals surface area (Å²) in [6.45, 7) is 11.2. The lowest BCUT2D eigenvalue weighted by Gasteiger charge is -2.40. The van der Waals surface area contributed by atoms with Crippen LogP contribution in [0, 0.1) is 17.3 Å². The molecule has 2 aromatic rings. The van der Waals surface area contributed by atoms with Crippen molar-refractivity contribution in [2.45, 2.75) is 70.9 Å². The van der Waals surface area contributed by atoms with Crippen LogP contribution in [0.25, 0.3) is 0 Å². The van der Waals surface area contributed by atoms with Gasteiger partial charge in [0.15, 0.2) is 12.0 Å². The normalized spacial score (nSPS) is 31.2. The maximum absolute atomic E-state index is 14.5. The molecule has 0 radical (unpaired) electrons. The average molecular weight is 488 g/mol. The van der Waals surface area contributed by atoms with Gasteiger partial charge in [0.2, 0.25) is 5.91 Å². The van der Waals surface area contributed by atoms with Crippen LogP contribution in [0.1, 0.15) is 63.5 Å². The van der Waals surface area contributed by atoms with Crippen LogP contribution in [0.5, 0.6) is 5.75 Å². The molecule has 1 amide bonds. The van der Waals surface area contributed by atoms with Crippen LogP contribution in [-0.4, -0.2) is 40.6 Å². The number of aromatic nitrogens is 1. The molecular weight excluding hydrogens is 450 g/mol. The summed E-state index contributed by atoms with van der Waals surface area (Å²) < 4.78 is 12.3. The number of benzene rings is 1. The van der Waals surface area contributed by atoms with Crippen molar-refractivity contribution in [3.63, 3.8) is 0 Å². The zero-order valence-electron chi connectivity index (χ0n) is 21.8. The molecule has 36 heavy (non-hydrogen) atoms. The van der Waals surface area contributed by atoms with Crippen molar-refractivity contribution in [1.29, 1.82) is 0 Å². The molecule has 5 rings (SSSR count). The van der Waals surface area contributed by atoms with Gasteiger partial charge in [-0.05, 0) is 72.4 Å². The maximum atomic E-state index is 14.5. The summed E-state index contributed by atoms with van der Waals surface area (Å²) in [6, 6.07) is 12.2. The number of carbonyl (C=O) groups is 1. The minimum atomic E-state index is -0.821.